The molecule has 0 spiro atoms. The Bertz CT molecular complexity index is 430. The molecule has 0 aromatic heterocycles. The van der Waals surface area contributed by atoms with Crippen molar-refractivity contribution in [3.63, 3.8) is 0 Å². The van der Waals surface area contributed by atoms with Crippen molar-refractivity contribution in [1.29, 1.82) is 0 Å². The molecule has 0 amide bonds. The maximum absolute atomic E-state index is 12.7. The van der Waals surface area contributed by atoms with Gasteiger partial charge in [0.2, 0.25) is 0 Å². The van der Waals surface area contributed by atoms with Crippen LogP contribution >= 0.6 is 15.9 Å². The fourth-order valence-corrected chi connectivity index (χ4v) is 2.09. The lowest BCUT2D eigenvalue weighted by atomic mass is 9.97. The maximum Gasteiger partial charge on any atom is 0.417 e. The van der Waals surface area contributed by atoms with Crippen molar-refractivity contribution in [3.05, 3.63) is 28.2 Å². The highest BCUT2D eigenvalue weighted by molar-refractivity contribution is 9.10. The van der Waals surface area contributed by atoms with E-state index in [0.717, 1.165) is 6.07 Å². The van der Waals surface area contributed by atoms with Gasteiger partial charge >= 0.3 is 6.18 Å². The predicted octanol–water partition coefficient (Wildman–Crippen LogP) is 4.43. The van der Waals surface area contributed by atoms with Crippen molar-refractivity contribution < 1.29 is 18.3 Å². The molecule has 0 aliphatic carbocycles. The standard InChI is InChI=1S/C13H17BrF3NO/c1-3-12(19,4-2)8-18-9-5-6-11(14)10(7-9)13(15,16)17/h5-7,18-19H,3-4,8H2,1-2H3. The van der Waals surface area contributed by atoms with E-state index in [2.05, 4.69) is 21.2 Å². The van der Waals surface area contributed by atoms with Gasteiger partial charge in [0.05, 0.1) is 11.2 Å². The molecule has 0 aliphatic heterocycles. The van der Waals surface area contributed by atoms with E-state index >= 15 is 0 Å². The zero-order chi connectivity index (χ0) is 14.7. The molecule has 1 aromatic carbocycles. The minimum Gasteiger partial charge on any atom is -0.388 e. The van der Waals surface area contributed by atoms with Crippen molar-refractivity contribution in [2.75, 3.05) is 11.9 Å². The predicted molar refractivity (Wildman–Crippen MR) is 73.2 cm³/mol. The Morgan fingerprint density at radius 1 is 1.21 bits per heavy atom. The average molecular weight is 340 g/mol. The van der Waals surface area contributed by atoms with E-state index in [1.54, 1.807) is 6.07 Å². The van der Waals surface area contributed by atoms with Crippen LogP contribution in [0.15, 0.2) is 22.7 Å². The van der Waals surface area contributed by atoms with E-state index in [4.69, 9.17) is 0 Å². The molecular formula is C13H17BrF3NO. The van der Waals surface area contributed by atoms with Crippen LogP contribution in [0.4, 0.5) is 18.9 Å². The topological polar surface area (TPSA) is 32.3 Å². The first-order valence-corrected chi connectivity index (χ1v) is 6.84. The molecule has 2 nitrogen and oxygen atoms in total. The molecule has 0 saturated carbocycles. The Morgan fingerprint density at radius 2 is 1.79 bits per heavy atom. The summed E-state index contributed by atoms with van der Waals surface area (Å²) in [6.45, 7) is 3.90. The largest absolute Gasteiger partial charge is 0.417 e. The van der Waals surface area contributed by atoms with Gasteiger partial charge in [-0.05, 0) is 31.0 Å². The SMILES string of the molecule is CCC(O)(CC)CNc1ccc(Br)c(C(F)(F)F)c1. The van der Waals surface area contributed by atoms with Crippen molar-refractivity contribution in [2.24, 2.45) is 0 Å². The fraction of sp³-hybridized carbons (Fsp3) is 0.538. The zero-order valence-electron chi connectivity index (χ0n) is 10.8. The second-order valence-electron chi connectivity index (χ2n) is 4.48. The average Bonchev–Trinajstić information content (AvgIpc) is 2.36. The molecule has 1 aromatic rings. The number of benzene rings is 1. The molecule has 0 heterocycles. The summed E-state index contributed by atoms with van der Waals surface area (Å²) in [4.78, 5) is 0. The second-order valence-corrected chi connectivity index (χ2v) is 5.33. The van der Waals surface area contributed by atoms with E-state index < -0.39 is 17.3 Å². The van der Waals surface area contributed by atoms with Gasteiger partial charge in [0.1, 0.15) is 0 Å². The Morgan fingerprint density at radius 3 is 2.26 bits per heavy atom. The molecule has 0 saturated heterocycles. The number of aliphatic hydroxyl groups is 1. The number of hydrogen-bond acceptors (Lipinski definition) is 2. The van der Waals surface area contributed by atoms with Gasteiger partial charge in [-0.1, -0.05) is 29.8 Å². The van der Waals surface area contributed by atoms with Gasteiger partial charge in [0, 0.05) is 16.7 Å². The molecule has 0 atom stereocenters. The van der Waals surface area contributed by atoms with Crippen molar-refractivity contribution in [3.8, 4) is 0 Å². The minimum absolute atomic E-state index is 0.00629. The summed E-state index contributed by atoms with van der Waals surface area (Å²) in [5, 5.41) is 12.9. The van der Waals surface area contributed by atoms with Crippen molar-refractivity contribution in [1.82, 2.24) is 0 Å². The number of alkyl halides is 3. The van der Waals surface area contributed by atoms with E-state index in [9.17, 15) is 18.3 Å². The van der Waals surface area contributed by atoms with E-state index in [1.807, 2.05) is 13.8 Å². The summed E-state index contributed by atoms with van der Waals surface area (Å²) < 4.78 is 38.2. The van der Waals surface area contributed by atoms with Crippen LogP contribution in [-0.4, -0.2) is 17.3 Å². The first-order chi connectivity index (χ1) is 8.72. The number of anilines is 1. The van der Waals surface area contributed by atoms with E-state index in [0.29, 0.717) is 18.5 Å². The smallest absolute Gasteiger partial charge is 0.388 e. The third kappa shape index (κ3) is 4.38. The van der Waals surface area contributed by atoms with Gasteiger partial charge in [0.15, 0.2) is 0 Å². The van der Waals surface area contributed by atoms with Gasteiger partial charge in [0.25, 0.3) is 0 Å². The molecule has 2 N–H and O–H groups in total. The summed E-state index contributed by atoms with van der Waals surface area (Å²) in [6.07, 6.45) is -3.32. The Balaban J connectivity index is 2.87. The Hall–Kier alpha value is -0.750. The first kappa shape index (κ1) is 16.3. The lowest BCUT2D eigenvalue weighted by Gasteiger charge is -2.26. The van der Waals surface area contributed by atoms with Crippen LogP contribution in [0.1, 0.15) is 32.3 Å². The van der Waals surface area contributed by atoms with Crippen LogP contribution in [0.2, 0.25) is 0 Å². The van der Waals surface area contributed by atoms with Gasteiger partial charge in [-0.15, -0.1) is 0 Å². The molecule has 108 valence electrons. The zero-order valence-corrected chi connectivity index (χ0v) is 12.4. The van der Waals surface area contributed by atoms with Crippen LogP contribution in [0.3, 0.4) is 0 Å². The molecule has 6 heteroatoms. The highest BCUT2D eigenvalue weighted by Gasteiger charge is 2.33. The first-order valence-electron chi connectivity index (χ1n) is 6.05. The number of nitrogens with one attached hydrogen (secondary N) is 1. The quantitative estimate of drug-likeness (QED) is 0.831. The molecule has 0 unspecified atom stereocenters. The monoisotopic (exact) mass is 339 g/mol. The summed E-state index contributed by atoms with van der Waals surface area (Å²) in [6, 6.07) is 3.93. The van der Waals surface area contributed by atoms with Gasteiger partial charge < -0.3 is 10.4 Å². The number of hydrogen-bond donors (Lipinski definition) is 2. The van der Waals surface area contributed by atoms with Crippen LogP contribution in [0, 0.1) is 0 Å². The lowest BCUT2D eigenvalue weighted by Crippen LogP contribution is -2.35. The molecule has 1 rings (SSSR count). The van der Waals surface area contributed by atoms with Gasteiger partial charge in [-0.25, -0.2) is 0 Å². The van der Waals surface area contributed by atoms with E-state index in [1.165, 1.54) is 6.07 Å². The summed E-state index contributed by atoms with van der Waals surface area (Å²) in [5.74, 6) is 0. The molecular weight excluding hydrogens is 323 g/mol. The molecule has 19 heavy (non-hydrogen) atoms. The number of halogens is 4. The molecule has 0 fully saturated rings. The normalized spacial score (nSPS) is 12.6. The second kappa shape index (κ2) is 6.13. The van der Waals surface area contributed by atoms with Gasteiger partial charge in [-0.2, -0.15) is 13.2 Å². The summed E-state index contributed by atoms with van der Waals surface area (Å²) in [7, 11) is 0. The van der Waals surface area contributed by atoms with Crippen LogP contribution in [0.25, 0.3) is 0 Å². The third-order valence-electron chi connectivity index (χ3n) is 3.21. The lowest BCUT2D eigenvalue weighted by molar-refractivity contribution is -0.138. The Labute approximate surface area is 119 Å². The highest BCUT2D eigenvalue weighted by Crippen LogP contribution is 2.36. The molecule has 0 radical (unpaired) electrons. The highest BCUT2D eigenvalue weighted by atomic mass is 79.9. The molecule has 0 bridgehead atoms. The molecule has 0 aliphatic rings. The van der Waals surface area contributed by atoms with Crippen LogP contribution in [-0.2, 0) is 6.18 Å². The van der Waals surface area contributed by atoms with Crippen LogP contribution < -0.4 is 5.32 Å². The maximum atomic E-state index is 12.7. The fourth-order valence-electron chi connectivity index (χ4n) is 1.62. The Kier molecular flexibility index (Phi) is 5.26. The van der Waals surface area contributed by atoms with Gasteiger partial charge in [-0.3, -0.25) is 0 Å². The number of rotatable bonds is 5. The summed E-state index contributed by atoms with van der Waals surface area (Å²) in [5.41, 5.74) is -1.28. The third-order valence-corrected chi connectivity index (χ3v) is 3.90. The van der Waals surface area contributed by atoms with Crippen LogP contribution in [0.5, 0.6) is 0 Å². The minimum atomic E-state index is -4.40. The van der Waals surface area contributed by atoms with Crippen molar-refractivity contribution in [2.45, 2.75) is 38.5 Å². The van der Waals surface area contributed by atoms with Crippen molar-refractivity contribution >= 4 is 21.6 Å². The summed E-state index contributed by atoms with van der Waals surface area (Å²) >= 11 is 2.89. The van der Waals surface area contributed by atoms with E-state index in [-0.39, 0.29) is 11.0 Å².